The molecule has 1 fully saturated rings. The molecule has 3 rings (SSSR count). The van der Waals surface area contributed by atoms with Crippen LogP contribution >= 0.6 is 11.8 Å². The highest BCUT2D eigenvalue weighted by atomic mass is 32.2. The van der Waals surface area contributed by atoms with E-state index in [4.69, 9.17) is 4.74 Å². The Morgan fingerprint density at radius 2 is 2.00 bits per heavy atom. The summed E-state index contributed by atoms with van der Waals surface area (Å²) in [6, 6.07) is 7.84. The number of rotatable bonds is 7. The van der Waals surface area contributed by atoms with Gasteiger partial charge in [-0.3, -0.25) is 4.57 Å². The first kappa shape index (κ1) is 22.2. The Kier molecular flexibility index (Phi) is 7.43. The Morgan fingerprint density at radius 1 is 1.27 bits per heavy atom. The Bertz CT molecular complexity index is 856. The van der Waals surface area contributed by atoms with Crippen molar-refractivity contribution >= 4 is 23.8 Å². The number of amides is 1. The SMILES string of the molecule is Cc1ccccc1-n1c(SCCNC(=O)OCC(F)(F)F)nnc1N1CCOCC1. The molecule has 1 aliphatic rings. The molecule has 0 radical (unpaired) electrons. The number of benzene rings is 1. The first-order chi connectivity index (χ1) is 14.3. The lowest BCUT2D eigenvalue weighted by Crippen LogP contribution is -2.38. The Labute approximate surface area is 175 Å². The molecule has 1 aromatic carbocycles. The lowest BCUT2D eigenvalue weighted by molar-refractivity contribution is -0.160. The van der Waals surface area contributed by atoms with Gasteiger partial charge in [0, 0.05) is 25.4 Å². The lowest BCUT2D eigenvalue weighted by atomic mass is 10.2. The van der Waals surface area contributed by atoms with E-state index >= 15 is 0 Å². The van der Waals surface area contributed by atoms with Crippen LogP contribution in [0.15, 0.2) is 29.4 Å². The van der Waals surface area contributed by atoms with E-state index in [0.717, 1.165) is 11.3 Å². The number of carbonyl (C=O) groups is 1. The molecule has 0 unspecified atom stereocenters. The van der Waals surface area contributed by atoms with Crippen molar-refractivity contribution in [3.63, 3.8) is 0 Å². The number of ether oxygens (including phenoxy) is 2. The Morgan fingerprint density at radius 3 is 2.70 bits per heavy atom. The second-order valence-electron chi connectivity index (χ2n) is 6.47. The maximum absolute atomic E-state index is 12.1. The smallest absolute Gasteiger partial charge is 0.422 e. The minimum atomic E-state index is -4.55. The summed E-state index contributed by atoms with van der Waals surface area (Å²) >= 11 is 1.34. The second kappa shape index (κ2) is 10.0. The molecule has 0 saturated carbocycles. The fourth-order valence-electron chi connectivity index (χ4n) is 2.84. The summed E-state index contributed by atoms with van der Waals surface area (Å²) < 4.78 is 47.7. The van der Waals surface area contributed by atoms with Gasteiger partial charge < -0.3 is 19.7 Å². The topological polar surface area (TPSA) is 81.5 Å². The van der Waals surface area contributed by atoms with E-state index in [1.807, 2.05) is 35.8 Å². The molecule has 1 aromatic heterocycles. The van der Waals surface area contributed by atoms with Gasteiger partial charge in [0.2, 0.25) is 5.95 Å². The third-order valence-corrected chi connectivity index (χ3v) is 5.17. The van der Waals surface area contributed by atoms with Crippen LogP contribution in [0.25, 0.3) is 5.69 Å². The highest BCUT2D eigenvalue weighted by Crippen LogP contribution is 2.28. The van der Waals surface area contributed by atoms with E-state index in [2.05, 4.69) is 25.2 Å². The molecule has 164 valence electrons. The summed E-state index contributed by atoms with van der Waals surface area (Å²) in [6.45, 7) is 3.10. The van der Waals surface area contributed by atoms with E-state index in [1.54, 1.807) is 0 Å². The number of nitrogens with one attached hydrogen (secondary N) is 1. The van der Waals surface area contributed by atoms with Gasteiger partial charge in [-0.2, -0.15) is 13.2 Å². The molecule has 30 heavy (non-hydrogen) atoms. The number of alkyl halides is 3. The normalized spacial score (nSPS) is 14.6. The monoisotopic (exact) mass is 445 g/mol. The van der Waals surface area contributed by atoms with Gasteiger partial charge in [0.1, 0.15) is 0 Å². The predicted octanol–water partition coefficient (Wildman–Crippen LogP) is 2.79. The van der Waals surface area contributed by atoms with E-state index in [-0.39, 0.29) is 6.54 Å². The second-order valence-corrected chi connectivity index (χ2v) is 7.53. The minimum absolute atomic E-state index is 0.120. The maximum atomic E-state index is 12.1. The fraction of sp³-hybridized carbons (Fsp3) is 0.500. The number of aryl methyl sites for hydroxylation is 1. The standard InChI is InChI=1S/C18H22F3N5O3S/c1-13-4-2-3-5-14(13)26-15(25-7-9-28-10-8-25)23-24-16(26)30-11-6-22-17(27)29-12-18(19,20)21/h2-5H,6-12H2,1H3,(H,22,27). The van der Waals surface area contributed by atoms with Crippen molar-refractivity contribution in [2.75, 3.05) is 50.1 Å². The van der Waals surface area contributed by atoms with E-state index < -0.39 is 18.9 Å². The minimum Gasteiger partial charge on any atom is -0.440 e. The van der Waals surface area contributed by atoms with Gasteiger partial charge in [-0.05, 0) is 18.6 Å². The molecule has 2 aromatic rings. The van der Waals surface area contributed by atoms with Crippen molar-refractivity contribution in [2.45, 2.75) is 18.3 Å². The molecular weight excluding hydrogens is 423 g/mol. The molecule has 1 amide bonds. The van der Waals surface area contributed by atoms with Gasteiger partial charge in [0.15, 0.2) is 11.8 Å². The molecular formula is C18H22F3N5O3S. The third kappa shape index (κ3) is 6.02. The van der Waals surface area contributed by atoms with E-state index in [9.17, 15) is 18.0 Å². The number of thioether (sulfide) groups is 1. The highest BCUT2D eigenvalue weighted by Gasteiger charge is 2.29. The fourth-order valence-corrected chi connectivity index (χ4v) is 3.64. The number of carbonyl (C=O) groups excluding carboxylic acids is 1. The first-order valence-corrected chi connectivity index (χ1v) is 10.3. The molecule has 1 aliphatic heterocycles. The van der Waals surface area contributed by atoms with Crippen LogP contribution in [-0.2, 0) is 9.47 Å². The Hall–Kier alpha value is -2.47. The van der Waals surface area contributed by atoms with Gasteiger partial charge in [0.25, 0.3) is 0 Å². The quantitative estimate of drug-likeness (QED) is 0.519. The van der Waals surface area contributed by atoms with Crippen molar-refractivity contribution in [3.8, 4) is 5.69 Å². The number of hydrogen-bond donors (Lipinski definition) is 1. The van der Waals surface area contributed by atoms with Crippen LogP contribution in [0, 0.1) is 6.92 Å². The molecule has 0 bridgehead atoms. The summed E-state index contributed by atoms with van der Waals surface area (Å²) in [5.41, 5.74) is 1.98. The highest BCUT2D eigenvalue weighted by molar-refractivity contribution is 7.99. The number of anilines is 1. The van der Waals surface area contributed by atoms with Crippen LogP contribution < -0.4 is 10.2 Å². The molecule has 2 heterocycles. The van der Waals surface area contributed by atoms with Gasteiger partial charge in [0.05, 0.1) is 18.9 Å². The molecule has 0 aliphatic carbocycles. The van der Waals surface area contributed by atoms with Gasteiger partial charge in [-0.1, -0.05) is 30.0 Å². The number of alkyl carbamates (subject to hydrolysis) is 1. The number of aromatic nitrogens is 3. The summed E-state index contributed by atoms with van der Waals surface area (Å²) in [5.74, 6) is 1.08. The zero-order valence-electron chi connectivity index (χ0n) is 16.3. The van der Waals surface area contributed by atoms with Gasteiger partial charge >= 0.3 is 12.3 Å². The summed E-state index contributed by atoms with van der Waals surface area (Å²) in [6.07, 6.45) is -5.66. The van der Waals surface area contributed by atoms with Crippen molar-refractivity contribution in [3.05, 3.63) is 29.8 Å². The lowest BCUT2D eigenvalue weighted by Gasteiger charge is -2.28. The average molecular weight is 445 g/mol. The van der Waals surface area contributed by atoms with Crippen molar-refractivity contribution in [1.82, 2.24) is 20.1 Å². The van der Waals surface area contributed by atoms with Crippen LogP contribution in [0.2, 0.25) is 0 Å². The van der Waals surface area contributed by atoms with Crippen molar-refractivity contribution < 1.29 is 27.4 Å². The predicted molar refractivity (Wildman–Crippen MR) is 105 cm³/mol. The molecule has 12 heteroatoms. The molecule has 0 spiro atoms. The molecule has 0 atom stereocenters. The largest absolute Gasteiger partial charge is 0.440 e. The number of halogens is 3. The van der Waals surface area contributed by atoms with Gasteiger partial charge in [-0.15, -0.1) is 10.2 Å². The van der Waals surface area contributed by atoms with E-state index in [1.165, 1.54) is 11.8 Å². The summed E-state index contributed by atoms with van der Waals surface area (Å²) in [4.78, 5) is 13.4. The van der Waals surface area contributed by atoms with Crippen LogP contribution in [-0.4, -0.2) is 72.2 Å². The summed E-state index contributed by atoms with van der Waals surface area (Å²) in [5, 5.41) is 11.6. The number of para-hydroxylation sites is 1. The first-order valence-electron chi connectivity index (χ1n) is 9.29. The zero-order valence-corrected chi connectivity index (χ0v) is 17.1. The van der Waals surface area contributed by atoms with Crippen molar-refractivity contribution in [1.29, 1.82) is 0 Å². The zero-order chi connectivity index (χ0) is 21.6. The summed E-state index contributed by atoms with van der Waals surface area (Å²) in [7, 11) is 0. The van der Waals surface area contributed by atoms with Crippen molar-refractivity contribution in [2.24, 2.45) is 0 Å². The molecule has 1 N–H and O–H groups in total. The third-order valence-electron chi connectivity index (χ3n) is 4.24. The molecule has 8 nitrogen and oxygen atoms in total. The van der Waals surface area contributed by atoms with Crippen LogP contribution in [0.3, 0.4) is 0 Å². The van der Waals surface area contributed by atoms with E-state index in [0.29, 0.717) is 43.2 Å². The van der Waals surface area contributed by atoms with Gasteiger partial charge in [-0.25, -0.2) is 4.79 Å². The average Bonchev–Trinajstić information content (AvgIpc) is 3.14. The number of nitrogens with zero attached hydrogens (tertiary/aromatic N) is 4. The van der Waals surface area contributed by atoms with Crippen LogP contribution in [0.5, 0.6) is 0 Å². The van der Waals surface area contributed by atoms with Crippen LogP contribution in [0.1, 0.15) is 5.56 Å². The number of morpholine rings is 1. The Balaban J connectivity index is 1.67. The molecule has 1 saturated heterocycles. The number of hydrogen-bond acceptors (Lipinski definition) is 7. The van der Waals surface area contributed by atoms with Crippen LogP contribution in [0.4, 0.5) is 23.9 Å². The maximum Gasteiger partial charge on any atom is 0.422 e.